The normalized spacial score (nSPS) is 28.0. The van der Waals surface area contributed by atoms with Crippen molar-refractivity contribution in [2.75, 3.05) is 46.3 Å². The van der Waals surface area contributed by atoms with E-state index < -0.39 is 0 Å². The van der Waals surface area contributed by atoms with Crippen molar-refractivity contribution < 1.29 is 9.59 Å². The van der Waals surface area contributed by atoms with Crippen LogP contribution < -0.4 is 5.32 Å². The third kappa shape index (κ3) is 4.43. The molecule has 3 aliphatic rings. The molecule has 3 unspecified atom stereocenters. The van der Waals surface area contributed by atoms with Gasteiger partial charge in [0.15, 0.2) is 0 Å². The number of nitrogens with zero attached hydrogens (tertiary/aromatic N) is 4. The average Bonchev–Trinajstić information content (AvgIpc) is 3.28. The number of pyridine rings is 1. The molecule has 0 aromatic carbocycles. The highest BCUT2D eigenvalue weighted by Gasteiger charge is 2.45. The molecule has 1 N–H and O–H groups in total. The Kier molecular flexibility index (Phi) is 8.07. The number of carbonyl (C=O) groups excluding carboxylic acids is 2. The SMILES string of the molecule is CN1C(=O)CC(C(=O)N2CCC(N3CCNCC3)C2)C1c1cccnc1.Cl.Cl. The van der Waals surface area contributed by atoms with Gasteiger partial charge in [-0.15, -0.1) is 24.8 Å². The van der Waals surface area contributed by atoms with Gasteiger partial charge in [-0.05, 0) is 18.1 Å². The minimum Gasteiger partial charge on any atom is -0.341 e. The molecule has 0 spiro atoms. The van der Waals surface area contributed by atoms with Gasteiger partial charge in [0.1, 0.15) is 0 Å². The molecule has 156 valence electrons. The molecular formula is C19H29Cl2N5O2. The summed E-state index contributed by atoms with van der Waals surface area (Å²) in [5.41, 5.74) is 0.942. The Bertz CT molecular complexity index is 672. The van der Waals surface area contributed by atoms with Crippen molar-refractivity contribution in [2.24, 2.45) is 5.92 Å². The molecule has 28 heavy (non-hydrogen) atoms. The first kappa shape index (κ1) is 22.9. The Labute approximate surface area is 178 Å². The standard InChI is InChI=1S/C19H27N5O2.2ClH/c1-22-17(25)11-16(18(22)14-3-2-5-21-12-14)19(26)24-8-4-15(13-24)23-9-6-20-7-10-23;;/h2-3,5,12,15-16,18,20H,4,6-11,13H2,1H3;2*1H. The summed E-state index contributed by atoms with van der Waals surface area (Å²) in [6.07, 6.45) is 4.81. The van der Waals surface area contributed by atoms with Gasteiger partial charge in [0.2, 0.25) is 11.8 Å². The largest absolute Gasteiger partial charge is 0.341 e. The second kappa shape index (κ2) is 9.87. The molecule has 3 aliphatic heterocycles. The van der Waals surface area contributed by atoms with E-state index in [1.807, 2.05) is 17.0 Å². The number of amides is 2. The molecule has 3 saturated heterocycles. The number of carbonyl (C=O) groups is 2. The zero-order valence-electron chi connectivity index (χ0n) is 16.1. The molecule has 0 aliphatic carbocycles. The monoisotopic (exact) mass is 429 g/mol. The van der Waals surface area contributed by atoms with Crippen LogP contribution in [0.4, 0.5) is 0 Å². The van der Waals surface area contributed by atoms with Crippen LogP contribution in [0.1, 0.15) is 24.4 Å². The molecule has 0 saturated carbocycles. The van der Waals surface area contributed by atoms with Crippen LogP contribution in [0, 0.1) is 5.92 Å². The lowest BCUT2D eigenvalue weighted by atomic mass is 9.93. The first-order chi connectivity index (χ1) is 12.6. The fourth-order valence-electron chi connectivity index (χ4n) is 4.62. The fraction of sp³-hybridized carbons (Fsp3) is 0.632. The fourth-order valence-corrected chi connectivity index (χ4v) is 4.62. The zero-order chi connectivity index (χ0) is 18.1. The summed E-state index contributed by atoms with van der Waals surface area (Å²) in [6, 6.07) is 4.07. The van der Waals surface area contributed by atoms with E-state index in [0.717, 1.165) is 51.3 Å². The molecule has 0 bridgehead atoms. The molecular weight excluding hydrogens is 401 g/mol. The second-order valence-corrected chi connectivity index (χ2v) is 7.56. The van der Waals surface area contributed by atoms with Crippen molar-refractivity contribution in [1.29, 1.82) is 0 Å². The van der Waals surface area contributed by atoms with E-state index in [1.54, 1.807) is 24.3 Å². The quantitative estimate of drug-likeness (QED) is 0.774. The van der Waals surface area contributed by atoms with Crippen molar-refractivity contribution in [3.8, 4) is 0 Å². The Morgan fingerprint density at radius 2 is 1.96 bits per heavy atom. The number of rotatable bonds is 3. The summed E-state index contributed by atoms with van der Waals surface area (Å²) in [5, 5.41) is 3.38. The summed E-state index contributed by atoms with van der Waals surface area (Å²) in [7, 11) is 1.79. The maximum absolute atomic E-state index is 13.2. The predicted molar refractivity (Wildman–Crippen MR) is 112 cm³/mol. The van der Waals surface area contributed by atoms with E-state index in [-0.39, 0.29) is 48.6 Å². The smallest absolute Gasteiger partial charge is 0.228 e. The van der Waals surface area contributed by atoms with Crippen LogP contribution in [0.25, 0.3) is 0 Å². The van der Waals surface area contributed by atoms with Gasteiger partial charge >= 0.3 is 0 Å². The second-order valence-electron chi connectivity index (χ2n) is 7.56. The third-order valence-corrected chi connectivity index (χ3v) is 6.07. The van der Waals surface area contributed by atoms with Crippen LogP contribution >= 0.6 is 24.8 Å². The van der Waals surface area contributed by atoms with Crippen molar-refractivity contribution in [3.63, 3.8) is 0 Å². The van der Waals surface area contributed by atoms with Gasteiger partial charge in [-0.3, -0.25) is 19.5 Å². The third-order valence-electron chi connectivity index (χ3n) is 6.07. The first-order valence-corrected chi connectivity index (χ1v) is 9.54. The molecule has 0 radical (unpaired) electrons. The van der Waals surface area contributed by atoms with E-state index in [2.05, 4.69) is 15.2 Å². The number of hydrogen-bond donors (Lipinski definition) is 1. The lowest BCUT2D eigenvalue weighted by Gasteiger charge is -2.33. The number of nitrogens with one attached hydrogen (secondary N) is 1. The molecule has 3 atom stereocenters. The number of halogens is 2. The Morgan fingerprint density at radius 3 is 2.64 bits per heavy atom. The lowest BCUT2D eigenvalue weighted by Crippen LogP contribution is -2.49. The molecule has 2 amide bonds. The van der Waals surface area contributed by atoms with Crippen LogP contribution in [-0.4, -0.2) is 83.9 Å². The van der Waals surface area contributed by atoms with E-state index in [4.69, 9.17) is 0 Å². The van der Waals surface area contributed by atoms with Gasteiger partial charge < -0.3 is 15.1 Å². The van der Waals surface area contributed by atoms with E-state index in [1.165, 1.54) is 0 Å². The number of likely N-dealkylation sites (tertiary alicyclic amines) is 2. The number of piperazine rings is 1. The topological polar surface area (TPSA) is 68.8 Å². The zero-order valence-corrected chi connectivity index (χ0v) is 17.8. The van der Waals surface area contributed by atoms with Gasteiger partial charge in [0.25, 0.3) is 0 Å². The van der Waals surface area contributed by atoms with Crippen LogP contribution in [0.15, 0.2) is 24.5 Å². The minimum atomic E-state index is -0.307. The predicted octanol–water partition coefficient (Wildman–Crippen LogP) is 0.951. The molecule has 7 nitrogen and oxygen atoms in total. The van der Waals surface area contributed by atoms with Crippen molar-refractivity contribution >= 4 is 36.6 Å². The Balaban J connectivity index is 0.00000140. The molecule has 4 rings (SSSR count). The van der Waals surface area contributed by atoms with Crippen molar-refractivity contribution in [3.05, 3.63) is 30.1 Å². The van der Waals surface area contributed by atoms with Gasteiger partial charge in [0.05, 0.1) is 12.0 Å². The highest BCUT2D eigenvalue weighted by Crippen LogP contribution is 2.38. The van der Waals surface area contributed by atoms with Crippen LogP contribution in [0.2, 0.25) is 0 Å². The highest BCUT2D eigenvalue weighted by molar-refractivity contribution is 5.90. The van der Waals surface area contributed by atoms with Gasteiger partial charge in [0, 0.05) is 71.2 Å². The molecule has 9 heteroatoms. The Morgan fingerprint density at radius 1 is 1.21 bits per heavy atom. The lowest BCUT2D eigenvalue weighted by molar-refractivity contribution is -0.135. The summed E-state index contributed by atoms with van der Waals surface area (Å²) in [5.74, 6) is -0.150. The maximum Gasteiger partial charge on any atom is 0.228 e. The first-order valence-electron chi connectivity index (χ1n) is 9.54. The average molecular weight is 430 g/mol. The van der Waals surface area contributed by atoms with E-state index >= 15 is 0 Å². The van der Waals surface area contributed by atoms with Gasteiger partial charge in [-0.1, -0.05) is 6.07 Å². The van der Waals surface area contributed by atoms with Crippen molar-refractivity contribution in [1.82, 2.24) is 25.0 Å². The molecule has 1 aromatic rings. The van der Waals surface area contributed by atoms with E-state index in [0.29, 0.717) is 12.5 Å². The number of aromatic nitrogens is 1. The summed E-state index contributed by atoms with van der Waals surface area (Å²) >= 11 is 0. The van der Waals surface area contributed by atoms with Crippen LogP contribution in [0.3, 0.4) is 0 Å². The van der Waals surface area contributed by atoms with Gasteiger partial charge in [-0.25, -0.2) is 0 Å². The number of hydrogen-bond acceptors (Lipinski definition) is 5. The van der Waals surface area contributed by atoms with Gasteiger partial charge in [-0.2, -0.15) is 0 Å². The Hall–Kier alpha value is -1.41. The molecule has 1 aromatic heterocycles. The van der Waals surface area contributed by atoms with Crippen LogP contribution in [0.5, 0.6) is 0 Å². The summed E-state index contributed by atoms with van der Waals surface area (Å²) in [4.78, 5) is 35.9. The highest BCUT2D eigenvalue weighted by atomic mass is 35.5. The van der Waals surface area contributed by atoms with Crippen molar-refractivity contribution in [2.45, 2.75) is 24.9 Å². The maximum atomic E-state index is 13.2. The summed E-state index contributed by atoms with van der Waals surface area (Å²) in [6.45, 7) is 5.73. The van der Waals surface area contributed by atoms with Crippen LogP contribution in [-0.2, 0) is 9.59 Å². The van der Waals surface area contributed by atoms with E-state index in [9.17, 15) is 9.59 Å². The molecule has 3 fully saturated rings. The molecule has 4 heterocycles. The minimum absolute atomic E-state index is 0. The summed E-state index contributed by atoms with van der Waals surface area (Å²) < 4.78 is 0.